The zero-order valence-corrected chi connectivity index (χ0v) is 16.9. The molecule has 176 valence electrons. The van der Waals surface area contributed by atoms with Crippen molar-refractivity contribution in [3.8, 4) is 11.5 Å². The third kappa shape index (κ3) is 6.18. The number of fused-ring (bicyclic) bond motifs is 1. The Balaban J connectivity index is 1.60. The van der Waals surface area contributed by atoms with Gasteiger partial charge in [0.05, 0.1) is 11.0 Å². The summed E-state index contributed by atoms with van der Waals surface area (Å²) in [6.07, 6.45) is -9.62. The van der Waals surface area contributed by atoms with Crippen LogP contribution in [0.2, 0.25) is 0 Å². The molecule has 0 aliphatic heterocycles. The van der Waals surface area contributed by atoms with Crippen molar-refractivity contribution in [1.82, 2.24) is 9.97 Å². The molecule has 0 radical (unpaired) electrons. The van der Waals surface area contributed by atoms with Crippen LogP contribution < -0.4 is 20.1 Å². The number of rotatable bonds is 6. The van der Waals surface area contributed by atoms with Gasteiger partial charge in [-0.25, -0.2) is 9.97 Å². The number of aromatic nitrogens is 2. The molecule has 4 rings (SSSR count). The first-order chi connectivity index (χ1) is 16.0. The molecular formula is C22H14F6N4O2. The molecule has 4 aromatic rings. The largest absolute Gasteiger partial charge is 0.573 e. The van der Waals surface area contributed by atoms with Gasteiger partial charge in [0.2, 0.25) is 0 Å². The van der Waals surface area contributed by atoms with Crippen LogP contribution in [0, 0.1) is 0 Å². The van der Waals surface area contributed by atoms with Crippen LogP contribution in [0.1, 0.15) is 0 Å². The highest BCUT2D eigenvalue weighted by Crippen LogP contribution is 2.31. The molecule has 0 saturated heterocycles. The number of hydrogen-bond acceptors (Lipinski definition) is 6. The number of halogens is 6. The highest BCUT2D eigenvalue weighted by molar-refractivity contribution is 5.83. The Hall–Kier alpha value is -4.22. The summed E-state index contributed by atoms with van der Waals surface area (Å²) >= 11 is 0. The maximum absolute atomic E-state index is 12.4. The van der Waals surface area contributed by atoms with Gasteiger partial charge in [-0.05, 0) is 60.7 Å². The number of benzene rings is 3. The average Bonchev–Trinajstić information content (AvgIpc) is 2.75. The SMILES string of the molecule is FC(F)(F)Oc1ccc(Nc2nc3ccccc3nc2Nc2ccc(OC(F)(F)F)cc2)cc1. The number of anilines is 4. The Bertz CT molecular complexity index is 1180. The standard InChI is InChI=1S/C22H14F6N4O2/c23-21(24,25)33-15-9-5-13(6-10-15)29-19-20(32-18-4-2-1-3-17(18)31-19)30-14-7-11-16(12-8-14)34-22(26,27)28/h1-12H,(H,29,31)(H,30,32). The van der Waals surface area contributed by atoms with Gasteiger partial charge < -0.3 is 20.1 Å². The van der Waals surface area contributed by atoms with Crippen LogP contribution >= 0.6 is 0 Å². The minimum absolute atomic E-state index is 0.235. The van der Waals surface area contributed by atoms with Crippen LogP contribution in [0.5, 0.6) is 11.5 Å². The molecule has 0 unspecified atom stereocenters. The van der Waals surface area contributed by atoms with Gasteiger partial charge in [-0.15, -0.1) is 26.3 Å². The molecule has 0 aliphatic carbocycles. The van der Waals surface area contributed by atoms with E-state index in [1.165, 1.54) is 24.3 Å². The van der Waals surface area contributed by atoms with E-state index in [0.29, 0.717) is 22.4 Å². The molecule has 12 heteroatoms. The number of para-hydroxylation sites is 2. The summed E-state index contributed by atoms with van der Waals surface area (Å²) in [5.74, 6) is -0.304. The van der Waals surface area contributed by atoms with Crippen LogP contribution in [0.15, 0.2) is 72.8 Å². The molecular weight excluding hydrogens is 466 g/mol. The quantitative estimate of drug-likeness (QED) is 0.292. The zero-order chi connectivity index (χ0) is 24.3. The van der Waals surface area contributed by atoms with Crippen LogP contribution in [-0.4, -0.2) is 22.7 Å². The van der Waals surface area contributed by atoms with Crippen molar-refractivity contribution in [2.75, 3.05) is 10.6 Å². The Kier molecular flexibility index (Phi) is 6.05. The van der Waals surface area contributed by atoms with Gasteiger partial charge in [0.15, 0.2) is 11.6 Å². The molecule has 0 fully saturated rings. The van der Waals surface area contributed by atoms with E-state index >= 15 is 0 Å². The van der Waals surface area contributed by atoms with Crippen molar-refractivity contribution in [3.05, 3.63) is 72.8 Å². The number of ether oxygens (including phenoxy) is 2. The van der Waals surface area contributed by atoms with Crippen molar-refractivity contribution in [2.45, 2.75) is 12.7 Å². The number of nitrogens with one attached hydrogen (secondary N) is 2. The molecule has 0 bridgehead atoms. The molecule has 34 heavy (non-hydrogen) atoms. The van der Waals surface area contributed by atoms with E-state index in [1.54, 1.807) is 24.3 Å². The van der Waals surface area contributed by atoms with Crippen molar-refractivity contribution >= 4 is 34.0 Å². The topological polar surface area (TPSA) is 68.3 Å². The van der Waals surface area contributed by atoms with Gasteiger partial charge in [-0.1, -0.05) is 12.1 Å². The van der Waals surface area contributed by atoms with Crippen molar-refractivity contribution in [3.63, 3.8) is 0 Å². The van der Waals surface area contributed by atoms with Gasteiger partial charge >= 0.3 is 12.7 Å². The third-order valence-corrected chi connectivity index (χ3v) is 4.27. The number of nitrogens with zero attached hydrogens (tertiary/aromatic N) is 2. The maximum Gasteiger partial charge on any atom is 0.573 e. The van der Waals surface area contributed by atoms with Gasteiger partial charge in [0, 0.05) is 11.4 Å². The minimum Gasteiger partial charge on any atom is -0.406 e. The molecule has 6 nitrogen and oxygen atoms in total. The Morgan fingerprint density at radius 1 is 0.529 bits per heavy atom. The summed E-state index contributed by atoms with van der Waals surface area (Å²) in [6, 6.07) is 17.0. The first-order valence-electron chi connectivity index (χ1n) is 9.56. The fraction of sp³-hybridized carbons (Fsp3) is 0.0909. The summed E-state index contributed by atoms with van der Waals surface area (Å²) in [7, 11) is 0. The molecule has 0 atom stereocenters. The Morgan fingerprint density at radius 3 is 1.21 bits per heavy atom. The highest BCUT2D eigenvalue weighted by atomic mass is 19.4. The fourth-order valence-corrected chi connectivity index (χ4v) is 2.93. The summed E-state index contributed by atoms with van der Waals surface area (Å²) in [5, 5.41) is 5.94. The van der Waals surface area contributed by atoms with E-state index in [4.69, 9.17) is 0 Å². The number of alkyl halides is 6. The van der Waals surface area contributed by atoms with E-state index in [2.05, 4.69) is 30.1 Å². The highest BCUT2D eigenvalue weighted by Gasteiger charge is 2.31. The summed E-state index contributed by atoms with van der Waals surface area (Å²) < 4.78 is 82.0. The first-order valence-corrected chi connectivity index (χ1v) is 9.56. The molecule has 0 spiro atoms. The average molecular weight is 480 g/mol. The second-order valence-electron chi connectivity index (χ2n) is 6.80. The van der Waals surface area contributed by atoms with Crippen molar-refractivity contribution in [2.24, 2.45) is 0 Å². The monoisotopic (exact) mass is 480 g/mol. The van der Waals surface area contributed by atoms with E-state index in [0.717, 1.165) is 24.3 Å². The molecule has 1 aromatic heterocycles. The molecule has 0 aliphatic rings. The van der Waals surface area contributed by atoms with Crippen LogP contribution in [0.4, 0.5) is 49.4 Å². The minimum atomic E-state index is -4.81. The third-order valence-electron chi connectivity index (χ3n) is 4.27. The summed E-state index contributed by atoms with van der Waals surface area (Å²) in [6.45, 7) is 0. The van der Waals surface area contributed by atoms with E-state index in [1.807, 2.05) is 0 Å². The normalized spacial score (nSPS) is 11.8. The molecule has 3 aromatic carbocycles. The molecule has 2 N–H and O–H groups in total. The number of hydrogen-bond donors (Lipinski definition) is 2. The van der Waals surface area contributed by atoms with Gasteiger partial charge in [0.25, 0.3) is 0 Å². The van der Waals surface area contributed by atoms with Gasteiger partial charge in [-0.3, -0.25) is 0 Å². The van der Waals surface area contributed by atoms with Gasteiger partial charge in [-0.2, -0.15) is 0 Å². The lowest BCUT2D eigenvalue weighted by atomic mass is 10.2. The molecule has 0 amide bonds. The Morgan fingerprint density at radius 2 is 0.882 bits per heavy atom. The fourth-order valence-electron chi connectivity index (χ4n) is 2.93. The van der Waals surface area contributed by atoms with E-state index < -0.39 is 12.7 Å². The predicted molar refractivity (Wildman–Crippen MR) is 112 cm³/mol. The first kappa shape index (κ1) is 23.0. The summed E-state index contributed by atoms with van der Waals surface area (Å²) in [4.78, 5) is 8.99. The smallest absolute Gasteiger partial charge is 0.406 e. The van der Waals surface area contributed by atoms with Crippen molar-refractivity contribution in [1.29, 1.82) is 0 Å². The lowest BCUT2D eigenvalue weighted by molar-refractivity contribution is -0.275. The zero-order valence-electron chi connectivity index (χ0n) is 16.9. The summed E-state index contributed by atoms with van der Waals surface area (Å²) in [5.41, 5.74) is 1.88. The van der Waals surface area contributed by atoms with Crippen LogP contribution in [0.25, 0.3) is 11.0 Å². The second-order valence-corrected chi connectivity index (χ2v) is 6.80. The predicted octanol–water partition coefficient (Wildman–Crippen LogP) is 6.91. The maximum atomic E-state index is 12.4. The molecule has 1 heterocycles. The lowest BCUT2D eigenvalue weighted by Crippen LogP contribution is -2.17. The van der Waals surface area contributed by atoms with Crippen molar-refractivity contribution < 1.29 is 35.8 Å². The van der Waals surface area contributed by atoms with Crippen LogP contribution in [0.3, 0.4) is 0 Å². The van der Waals surface area contributed by atoms with E-state index in [-0.39, 0.29) is 23.1 Å². The lowest BCUT2D eigenvalue weighted by Gasteiger charge is -2.15. The van der Waals surface area contributed by atoms with E-state index in [9.17, 15) is 26.3 Å². The van der Waals surface area contributed by atoms with Crippen LogP contribution in [-0.2, 0) is 0 Å². The van der Waals surface area contributed by atoms with Gasteiger partial charge in [0.1, 0.15) is 11.5 Å². The molecule has 0 saturated carbocycles. The second kappa shape index (κ2) is 8.96. The Labute approximate surface area is 188 Å².